The second-order valence-electron chi connectivity index (χ2n) is 13.5. The van der Waals surface area contributed by atoms with E-state index in [9.17, 15) is 0 Å². The molecule has 0 saturated carbocycles. The molecule has 0 aliphatic heterocycles. The molecule has 0 spiro atoms. The Balaban J connectivity index is 1.46. The minimum absolute atomic E-state index is 0.00224. The summed E-state index contributed by atoms with van der Waals surface area (Å²) in [6.07, 6.45) is 0. The van der Waals surface area contributed by atoms with Gasteiger partial charge in [-0.3, -0.25) is 0 Å². The van der Waals surface area contributed by atoms with E-state index in [-0.39, 0.29) is 88.7 Å². The molecule has 0 aliphatic rings. The van der Waals surface area contributed by atoms with Gasteiger partial charge in [-0.2, -0.15) is 0 Å². The number of nitrogens with zero attached hydrogens (tertiary/aromatic N) is 3. The molecule has 2 heterocycles. The maximum Gasteiger partial charge on any atom is 0.164 e. The number of hydrogen-bond donors (Lipinski definition) is 0. The van der Waals surface area contributed by atoms with Gasteiger partial charge in [0.2, 0.25) is 0 Å². The third-order valence-corrected chi connectivity index (χ3v) is 10.5. The predicted octanol–water partition coefficient (Wildman–Crippen LogP) is -2.52. The first-order valence-electron chi connectivity index (χ1n) is 17.3. The fourth-order valence-electron chi connectivity index (χ4n) is 7.61. The van der Waals surface area contributed by atoms with Gasteiger partial charge in [-0.25, -0.2) is 15.0 Å². The molecule has 9 aromatic rings. The predicted molar refractivity (Wildman–Crippen MR) is 243 cm³/mol. The molecule has 56 heavy (non-hydrogen) atoms. The van der Waals surface area contributed by atoms with E-state index < -0.39 is 0 Å². The van der Waals surface area contributed by atoms with Crippen molar-refractivity contribution < 1.29 is 4.42 Å². The van der Waals surface area contributed by atoms with Gasteiger partial charge in [0.15, 0.2) is 17.5 Å². The summed E-state index contributed by atoms with van der Waals surface area (Å²) in [7, 11) is 73.1. The van der Waals surface area contributed by atoms with E-state index in [1.807, 2.05) is 84.9 Å². The smallest absolute Gasteiger partial charge is 0.164 e. The van der Waals surface area contributed by atoms with Crippen LogP contribution in [-0.2, 0) is 0 Å². The van der Waals surface area contributed by atoms with Gasteiger partial charge < -0.3 is 4.42 Å². The summed E-state index contributed by atoms with van der Waals surface area (Å²) in [4.78, 5) is 14.9. The Kier molecular flexibility index (Phi) is 8.65. The van der Waals surface area contributed by atoms with Crippen molar-refractivity contribution in [2.75, 3.05) is 0 Å². The maximum absolute atomic E-state index is 6.92. The number of para-hydroxylation sites is 1. The Hall–Kier alpha value is -5.42. The Labute approximate surface area is 338 Å². The van der Waals surface area contributed by atoms with Gasteiger partial charge in [-0.05, 0) is 44.8 Å². The highest BCUT2D eigenvalue weighted by Gasteiger charge is 2.26. The number of aromatic nitrogens is 3. The molecule has 232 valence electrons. The van der Waals surface area contributed by atoms with Gasteiger partial charge in [0.05, 0.1) is 0 Å². The van der Waals surface area contributed by atoms with Gasteiger partial charge >= 0.3 is 0 Å². The SMILES string of the molecule is [B]c1c([B])c([B])c(-c2nc(-c3c([B])c([B])c([B])c4c(-c5cccc6ccccc56)c([B])c([B])c([B])c34)nc(-c3cccc4oc5ccccc5c34)n2)c([B])c1[B]. The van der Waals surface area contributed by atoms with Gasteiger partial charge in [-0.15, -0.1) is 27.3 Å². The lowest BCUT2D eigenvalue weighted by atomic mass is 9.60. The van der Waals surface area contributed by atoms with E-state index in [4.69, 9.17) is 106 Å². The van der Waals surface area contributed by atoms with Crippen LogP contribution in [0.15, 0.2) is 89.3 Å². The zero-order valence-electron chi connectivity index (χ0n) is 29.7. The first kappa shape index (κ1) is 36.2. The van der Waals surface area contributed by atoms with Crippen molar-refractivity contribution in [1.29, 1.82) is 0 Å². The lowest BCUT2D eigenvalue weighted by molar-refractivity contribution is 0.669. The maximum atomic E-state index is 6.92. The topological polar surface area (TPSA) is 51.8 Å². The zero-order valence-corrected chi connectivity index (χ0v) is 29.7. The van der Waals surface area contributed by atoms with Crippen molar-refractivity contribution in [3.8, 4) is 45.3 Å². The molecule has 0 aliphatic carbocycles. The minimum Gasteiger partial charge on any atom is -0.456 e. The second kappa shape index (κ2) is 13.4. The Bertz CT molecular complexity index is 3150. The molecule has 0 bridgehead atoms. The van der Waals surface area contributed by atoms with E-state index >= 15 is 0 Å². The van der Waals surface area contributed by atoms with E-state index in [1.54, 1.807) is 0 Å². The highest BCUT2D eigenvalue weighted by molar-refractivity contribution is 6.70. The average molecular weight is 684 g/mol. The minimum atomic E-state index is 0.00224. The van der Waals surface area contributed by atoms with Crippen LogP contribution in [0.4, 0.5) is 0 Å². The molecule has 0 atom stereocenters. The van der Waals surface area contributed by atoms with Gasteiger partial charge in [-0.1, -0.05) is 106 Å². The number of benzene rings is 7. The fraction of sp³-hybridized carbons (Fsp3) is 0. The number of rotatable bonds is 4. The molecule has 15 heteroatoms. The lowest BCUT2D eigenvalue weighted by Crippen LogP contribution is -2.55. The Morgan fingerprint density at radius 2 is 0.768 bits per heavy atom. The summed E-state index contributed by atoms with van der Waals surface area (Å²) in [6, 6.07) is 26.8. The van der Waals surface area contributed by atoms with E-state index in [1.165, 1.54) is 0 Å². The summed E-state index contributed by atoms with van der Waals surface area (Å²) >= 11 is 0. The number of furan rings is 1. The monoisotopic (exact) mass is 685 g/mol. The number of hydrogen-bond acceptors (Lipinski definition) is 4. The van der Waals surface area contributed by atoms with Crippen LogP contribution in [0.5, 0.6) is 0 Å². The molecule has 9 rings (SSSR count). The van der Waals surface area contributed by atoms with Gasteiger partial charge in [0.1, 0.15) is 97.5 Å². The van der Waals surface area contributed by atoms with Crippen molar-refractivity contribution in [2.24, 2.45) is 0 Å². The molecular weight excluding hydrogens is 669 g/mol. The first-order chi connectivity index (χ1) is 26.9. The third kappa shape index (κ3) is 5.26. The summed E-state index contributed by atoms with van der Waals surface area (Å²) in [5.74, 6) is 0.216. The number of fused-ring (bicyclic) bond motifs is 5. The molecule has 0 amide bonds. The van der Waals surface area contributed by atoms with Crippen LogP contribution < -0.4 is 60.1 Å². The molecule has 4 nitrogen and oxygen atoms in total. The van der Waals surface area contributed by atoms with E-state index in [2.05, 4.69) is 0 Å². The van der Waals surface area contributed by atoms with Crippen LogP contribution in [0.3, 0.4) is 0 Å². The van der Waals surface area contributed by atoms with Gasteiger partial charge in [0, 0.05) is 27.5 Å². The molecule has 0 fully saturated rings. The van der Waals surface area contributed by atoms with Gasteiger partial charge in [0.25, 0.3) is 0 Å². The molecule has 0 saturated heterocycles. The third-order valence-electron chi connectivity index (χ3n) is 10.5. The molecule has 0 N–H and O–H groups in total. The Morgan fingerprint density at radius 1 is 0.321 bits per heavy atom. The molecule has 22 radical (unpaired) electrons. The van der Waals surface area contributed by atoms with Crippen LogP contribution in [0, 0.1) is 0 Å². The molecular formula is C41H14B11N3O. The standard InChI is InChI=1S/C41H14B11N3O/c42-28-23(17-11-5-8-15-7-1-2-9-16(15)17)24-25(30(44)34(28)48)26(31(45)35(49)29(24)43)40-53-39(19-12-6-14-21-22(19)18-10-3-4-13-20(18)56-21)54-41(55-40)27-32(46)36(50)38(52)37(51)33(27)47/h1-14H. The molecule has 2 aromatic heterocycles. The summed E-state index contributed by atoms with van der Waals surface area (Å²) in [6.45, 7) is 0. The summed E-state index contributed by atoms with van der Waals surface area (Å²) in [5.41, 5.74) is 4.09. The molecule has 7 aromatic carbocycles. The van der Waals surface area contributed by atoms with Crippen LogP contribution in [0.2, 0.25) is 0 Å². The van der Waals surface area contributed by atoms with Crippen molar-refractivity contribution in [2.45, 2.75) is 0 Å². The largest absolute Gasteiger partial charge is 0.456 e. The molecule has 0 unspecified atom stereocenters. The normalized spacial score (nSPS) is 11.6. The average Bonchev–Trinajstić information content (AvgIpc) is 3.60. The second-order valence-corrected chi connectivity index (χ2v) is 13.5. The van der Waals surface area contributed by atoms with Crippen molar-refractivity contribution in [3.63, 3.8) is 0 Å². The van der Waals surface area contributed by atoms with E-state index in [0.29, 0.717) is 33.1 Å². The van der Waals surface area contributed by atoms with Crippen molar-refractivity contribution in [3.05, 3.63) is 84.9 Å². The van der Waals surface area contributed by atoms with E-state index in [0.717, 1.165) is 27.1 Å². The summed E-state index contributed by atoms with van der Waals surface area (Å²) < 4.78 is 6.21. The Morgan fingerprint density at radius 3 is 1.46 bits per heavy atom. The fourth-order valence-corrected chi connectivity index (χ4v) is 7.61. The van der Waals surface area contributed by atoms with Crippen molar-refractivity contribution >= 4 is 190 Å². The van der Waals surface area contributed by atoms with Crippen LogP contribution >= 0.6 is 0 Å². The summed E-state index contributed by atoms with van der Waals surface area (Å²) in [5, 5.41) is 4.14. The van der Waals surface area contributed by atoms with Crippen LogP contribution in [-0.4, -0.2) is 101 Å². The first-order valence-corrected chi connectivity index (χ1v) is 17.3. The lowest BCUT2D eigenvalue weighted by Gasteiger charge is -2.26. The van der Waals surface area contributed by atoms with Crippen LogP contribution in [0.25, 0.3) is 88.8 Å². The quantitative estimate of drug-likeness (QED) is 0.193. The van der Waals surface area contributed by atoms with Crippen LogP contribution in [0.1, 0.15) is 0 Å². The van der Waals surface area contributed by atoms with Crippen molar-refractivity contribution in [1.82, 2.24) is 15.0 Å². The zero-order chi connectivity index (χ0) is 39.3. The highest BCUT2D eigenvalue weighted by Crippen LogP contribution is 2.37. The highest BCUT2D eigenvalue weighted by atomic mass is 16.3.